The maximum Gasteiger partial charge on any atom is 0.323 e. The molecule has 0 aliphatic heterocycles. The summed E-state index contributed by atoms with van der Waals surface area (Å²) in [5.74, 6) is -1.11. The van der Waals surface area contributed by atoms with Crippen LogP contribution in [0, 0.1) is 0 Å². The first kappa shape index (κ1) is 15.3. The normalized spacial score (nSPS) is 14.6. The third kappa shape index (κ3) is 3.15. The van der Waals surface area contributed by atoms with Crippen molar-refractivity contribution in [1.29, 1.82) is 0 Å². The summed E-state index contributed by atoms with van der Waals surface area (Å²) in [6.45, 7) is 3.69. The molecule has 0 saturated heterocycles. The van der Waals surface area contributed by atoms with Gasteiger partial charge in [0.05, 0.1) is 5.56 Å². The summed E-state index contributed by atoms with van der Waals surface area (Å²) in [6, 6.07) is 1.75. The van der Waals surface area contributed by atoms with E-state index in [1.807, 2.05) is 13.8 Å². The quantitative estimate of drug-likeness (QED) is 0.825. The number of aryl methyl sites for hydroxylation is 2. The van der Waals surface area contributed by atoms with Crippen molar-refractivity contribution in [3.05, 3.63) is 22.9 Å². The first-order valence-corrected chi connectivity index (χ1v) is 7.25. The second-order valence-corrected chi connectivity index (χ2v) is 5.46. The Morgan fingerprint density at radius 1 is 1.48 bits per heavy atom. The number of carbonyl (C=O) groups excluding carboxylic acids is 1. The third-order valence-electron chi connectivity index (χ3n) is 4.00. The minimum absolute atomic E-state index is 0.0360. The average molecular weight is 291 g/mol. The van der Waals surface area contributed by atoms with Crippen LogP contribution in [0.4, 0.5) is 5.82 Å². The SMILES string of the molecule is CCC(C)N(CC(=O)O)c1nc2c(cc1C(N)=O)CCC2. The smallest absolute Gasteiger partial charge is 0.323 e. The van der Waals surface area contributed by atoms with Gasteiger partial charge in [0.2, 0.25) is 0 Å². The zero-order chi connectivity index (χ0) is 15.6. The molecule has 6 heteroatoms. The number of aromatic nitrogens is 1. The van der Waals surface area contributed by atoms with E-state index < -0.39 is 11.9 Å². The van der Waals surface area contributed by atoms with Crippen molar-refractivity contribution >= 4 is 17.7 Å². The summed E-state index contributed by atoms with van der Waals surface area (Å²) in [6.07, 6.45) is 3.52. The van der Waals surface area contributed by atoms with Crippen LogP contribution in [0.3, 0.4) is 0 Å². The highest BCUT2D eigenvalue weighted by atomic mass is 16.4. The number of rotatable bonds is 6. The van der Waals surface area contributed by atoms with Gasteiger partial charge in [-0.15, -0.1) is 0 Å². The minimum Gasteiger partial charge on any atom is -0.480 e. The molecule has 1 unspecified atom stereocenters. The van der Waals surface area contributed by atoms with Gasteiger partial charge in [0.25, 0.3) is 5.91 Å². The molecule has 1 aromatic heterocycles. The third-order valence-corrected chi connectivity index (χ3v) is 4.00. The zero-order valence-electron chi connectivity index (χ0n) is 12.4. The van der Waals surface area contributed by atoms with Gasteiger partial charge in [-0.05, 0) is 44.2 Å². The molecule has 0 fully saturated rings. The lowest BCUT2D eigenvalue weighted by atomic mass is 10.1. The highest BCUT2D eigenvalue weighted by Gasteiger charge is 2.26. The van der Waals surface area contributed by atoms with Gasteiger partial charge in [0, 0.05) is 11.7 Å². The van der Waals surface area contributed by atoms with Crippen LogP contribution in [-0.4, -0.2) is 34.6 Å². The second-order valence-electron chi connectivity index (χ2n) is 5.46. The number of nitrogens with two attached hydrogens (primary N) is 1. The Bertz CT molecular complexity index is 572. The molecule has 0 radical (unpaired) electrons. The molecular formula is C15H21N3O3. The Hall–Kier alpha value is -2.11. The number of nitrogens with zero attached hydrogens (tertiary/aromatic N) is 2. The minimum atomic E-state index is -0.951. The van der Waals surface area contributed by atoms with E-state index in [9.17, 15) is 9.59 Å². The first-order chi connectivity index (χ1) is 9.93. The van der Waals surface area contributed by atoms with Crippen LogP contribution in [0.1, 0.15) is 48.3 Å². The molecule has 6 nitrogen and oxygen atoms in total. The van der Waals surface area contributed by atoms with Crippen LogP contribution in [0.5, 0.6) is 0 Å². The molecule has 1 amide bonds. The van der Waals surface area contributed by atoms with Gasteiger partial charge in [-0.2, -0.15) is 0 Å². The number of carboxylic acid groups (broad SMARTS) is 1. The Morgan fingerprint density at radius 3 is 2.76 bits per heavy atom. The number of hydrogen-bond acceptors (Lipinski definition) is 4. The van der Waals surface area contributed by atoms with E-state index in [1.165, 1.54) is 0 Å². The lowest BCUT2D eigenvalue weighted by Crippen LogP contribution is -2.39. The molecule has 2 rings (SSSR count). The first-order valence-electron chi connectivity index (χ1n) is 7.25. The highest BCUT2D eigenvalue weighted by molar-refractivity contribution is 5.98. The van der Waals surface area contributed by atoms with Crippen molar-refractivity contribution in [2.45, 2.75) is 45.6 Å². The molecule has 1 aliphatic rings. The molecule has 21 heavy (non-hydrogen) atoms. The van der Waals surface area contributed by atoms with Crippen LogP contribution in [-0.2, 0) is 17.6 Å². The number of fused-ring (bicyclic) bond motifs is 1. The number of hydrogen-bond donors (Lipinski definition) is 2. The van der Waals surface area contributed by atoms with Crippen molar-refractivity contribution in [1.82, 2.24) is 4.98 Å². The lowest BCUT2D eigenvalue weighted by Gasteiger charge is -2.29. The average Bonchev–Trinajstić information content (AvgIpc) is 2.89. The van der Waals surface area contributed by atoms with Crippen LogP contribution >= 0.6 is 0 Å². The van der Waals surface area contributed by atoms with Gasteiger partial charge in [0.15, 0.2) is 0 Å². The summed E-state index contributed by atoms with van der Waals surface area (Å²) in [4.78, 5) is 29.1. The molecule has 1 aliphatic carbocycles. The fourth-order valence-electron chi connectivity index (χ4n) is 2.67. The van der Waals surface area contributed by atoms with Crippen molar-refractivity contribution in [2.75, 3.05) is 11.4 Å². The molecule has 3 N–H and O–H groups in total. The van der Waals surface area contributed by atoms with Crippen molar-refractivity contribution in [3.63, 3.8) is 0 Å². The van der Waals surface area contributed by atoms with Crippen molar-refractivity contribution in [3.8, 4) is 0 Å². The summed E-state index contributed by atoms with van der Waals surface area (Å²) in [5.41, 5.74) is 7.78. The summed E-state index contributed by atoms with van der Waals surface area (Å²) < 4.78 is 0. The molecule has 0 saturated carbocycles. The molecule has 0 spiro atoms. The molecular weight excluding hydrogens is 270 g/mol. The molecule has 114 valence electrons. The number of primary amides is 1. The molecule has 1 aromatic rings. The molecule has 1 heterocycles. The number of carboxylic acids is 1. The van der Waals surface area contributed by atoms with E-state index in [0.717, 1.165) is 36.9 Å². The van der Waals surface area contributed by atoms with Crippen LogP contribution in [0.15, 0.2) is 6.07 Å². The van der Waals surface area contributed by atoms with Gasteiger partial charge in [-0.3, -0.25) is 9.59 Å². The van der Waals surface area contributed by atoms with Crippen molar-refractivity contribution in [2.24, 2.45) is 5.73 Å². The summed E-state index contributed by atoms with van der Waals surface area (Å²) in [7, 11) is 0. The van der Waals surface area contributed by atoms with Crippen LogP contribution < -0.4 is 10.6 Å². The Labute approximate surface area is 124 Å². The largest absolute Gasteiger partial charge is 0.480 e. The maximum atomic E-state index is 11.7. The Kier molecular flexibility index (Phi) is 4.45. The van der Waals surface area contributed by atoms with Gasteiger partial charge in [-0.1, -0.05) is 6.92 Å². The molecule has 1 atom stereocenters. The van der Waals surface area contributed by atoms with Gasteiger partial charge in [-0.25, -0.2) is 4.98 Å². The second kappa shape index (κ2) is 6.11. The summed E-state index contributed by atoms with van der Waals surface area (Å²) >= 11 is 0. The number of amides is 1. The van der Waals surface area contributed by atoms with E-state index in [1.54, 1.807) is 11.0 Å². The van der Waals surface area contributed by atoms with E-state index in [-0.39, 0.29) is 12.6 Å². The van der Waals surface area contributed by atoms with E-state index >= 15 is 0 Å². The topological polar surface area (TPSA) is 96.5 Å². The van der Waals surface area contributed by atoms with E-state index in [4.69, 9.17) is 10.8 Å². The van der Waals surface area contributed by atoms with Gasteiger partial charge < -0.3 is 15.7 Å². The lowest BCUT2D eigenvalue weighted by molar-refractivity contribution is -0.135. The molecule has 0 bridgehead atoms. The predicted molar refractivity (Wildman–Crippen MR) is 79.5 cm³/mol. The zero-order valence-corrected chi connectivity index (χ0v) is 12.4. The highest BCUT2D eigenvalue weighted by Crippen LogP contribution is 2.28. The maximum absolute atomic E-state index is 11.7. The van der Waals surface area contributed by atoms with Crippen LogP contribution in [0.25, 0.3) is 0 Å². The molecule has 0 aromatic carbocycles. The standard InChI is InChI=1S/C15H21N3O3/c1-3-9(2)18(8-13(19)20)15-11(14(16)21)7-10-5-4-6-12(10)17-15/h7,9H,3-6,8H2,1-2H3,(H2,16,21)(H,19,20). The fraction of sp³-hybridized carbons (Fsp3) is 0.533. The predicted octanol–water partition coefficient (Wildman–Crippen LogP) is 1.36. The van der Waals surface area contributed by atoms with Gasteiger partial charge in [0.1, 0.15) is 12.4 Å². The number of pyridine rings is 1. The Balaban J connectivity index is 2.52. The van der Waals surface area contributed by atoms with Crippen molar-refractivity contribution < 1.29 is 14.7 Å². The fourth-order valence-corrected chi connectivity index (χ4v) is 2.67. The van der Waals surface area contributed by atoms with E-state index in [2.05, 4.69) is 4.98 Å². The van der Waals surface area contributed by atoms with Crippen LogP contribution in [0.2, 0.25) is 0 Å². The summed E-state index contributed by atoms with van der Waals surface area (Å²) in [5, 5.41) is 9.13. The number of anilines is 1. The number of carbonyl (C=O) groups is 2. The number of aliphatic carboxylic acids is 1. The van der Waals surface area contributed by atoms with E-state index in [0.29, 0.717) is 11.4 Å². The Morgan fingerprint density at radius 2 is 2.19 bits per heavy atom. The monoisotopic (exact) mass is 291 g/mol. The van der Waals surface area contributed by atoms with Gasteiger partial charge >= 0.3 is 5.97 Å².